The summed E-state index contributed by atoms with van der Waals surface area (Å²) in [7, 11) is 0. The van der Waals surface area contributed by atoms with Gasteiger partial charge in [0.15, 0.2) is 5.82 Å². The van der Waals surface area contributed by atoms with Crippen molar-refractivity contribution in [3.63, 3.8) is 0 Å². The Morgan fingerprint density at radius 1 is 0.306 bits per heavy atom. The lowest BCUT2D eigenvalue weighted by atomic mass is 9.70. The summed E-state index contributed by atoms with van der Waals surface area (Å²) in [6.45, 7) is 0. The van der Waals surface area contributed by atoms with Gasteiger partial charge in [-0.2, -0.15) is 0 Å². The molecule has 2 heteroatoms. The minimum atomic E-state index is -0.402. The van der Waals surface area contributed by atoms with Crippen LogP contribution >= 0.6 is 0 Å². The molecule has 2 aliphatic carbocycles. The highest BCUT2D eigenvalue weighted by molar-refractivity contribution is 5.99. The fraction of sp³-hybridized carbons (Fsp3) is 0.0213. The molecule has 2 nitrogen and oxygen atoms in total. The molecule has 49 heavy (non-hydrogen) atoms. The van der Waals surface area contributed by atoms with Crippen molar-refractivity contribution >= 4 is 0 Å². The van der Waals surface area contributed by atoms with Gasteiger partial charge < -0.3 is 0 Å². The highest BCUT2D eigenvalue weighted by Crippen LogP contribution is 2.63. The van der Waals surface area contributed by atoms with Crippen LogP contribution in [0.1, 0.15) is 22.3 Å². The molecule has 0 fully saturated rings. The molecule has 0 aliphatic heterocycles. The van der Waals surface area contributed by atoms with E-state index in [0.29, 0.717) is 0 Å². The number of rotatable bonds is 4. The Hall–Kier alpha value is -6.38. The fourth-order valence-corrected chi connectivity index (χ4v) is 8.27. The zero-order chi connectivity index (χ0) is 32.4. The van der Waals surface area contributed by atoms with Crippen LogP contribution in [0.3, 0.4) is 0 Å². The molecule has 0 unspecified atom stereocenters. The normalized spacial score (nSPS) is 13.1. The Kier molecular flexibility index (Phi) is 6.13. The van der Waals surface area contributed by atoms with E-state index in [1.807, 2.05) is 6.07 Å². The molecule has 7 aromatic carbocycles. The van der Waals surface area contributed by atoms with Crippen molar-refractivity contribution in [2.24, 2.45) is 0 Å². The van der Waals surface area contributed by atoms with Gasteiger partial charge in [0.25, 0.3) is 0 Å². The lowest BCUT2D eigenvalue weighted by Gasteiger charge is -2.30. The second kappa shape index (κ2) is 10.8. The summed E-state index contributed by atoms with van der Waals surface area (Å²) in [6.07, 6.45) is 0. The number of benzene rings is 7. The zero-order valence-corrected chi connectivity index (χ0v) is 26.7. The van der Waals surface area contributed by atoms with E-state index in [4.69, 9.17) is 9.97 Å². The third kappa shape index (κ3) is 4.07. The molecule has 0 saturated carbocycles. The maximum atomic E-state index is 5.31. The van der Waals surface area contributed by atoms with Crippen molar-refractivity contribution in [2.75, 3.05) is 0 Å². The maximum absolute atomic E-state index is 5.31. The number of fused-ring (bicyclic) bond motifs is 10. The first-order valence-electron chi connectivity index (χ1n) is 16.8. The number of hydrogen-bond acceptors (Lipinski definition) is 2. The van der Waals surface area contributed by atoms with E-state index in [1.165, 1.54) is 55.6 Å². The van der Waals surface area contributed by atoms with E-state index in [2.05, 4.69) is 176 Å². The van der Waals surface area contributed by atoms with Gasteiger partial charge in [-0.05, 0) is 61.7 Å². The number of hydrogen-bond donors (Lipinski definition) is 0. The van der Waals surface area contributed by atoms with Crippen molar-refractivity contribution < 1.29 is 0 Å². The van der Waals surface area contributed by atoms with Gasteiger partial charge in [-0.3, -0.25) is 0 Å². The molecule has 0 N–H and O–H groups in total. The molecule has 0 atom stereocenters. The summed E-state index contributed by atoms with van der Waals surface area (Å²) in [5.41, 5.74) is 17.4. The first-order valence-corrected chi connectivity index (χ1v) is 16.8. The zero-order valence-electron chi connectivity index (χ0n) is 26.7. The smallest absolute Gasteiger partial charge is 0.160 e. The minimum absolute atomic E-state index is 0.402. The van der Waals surface area contributed by atoms with E-state index in [9.17, 15) is 0 Å². The quantitative estimate of drug-likeness (QED) is 0.195. The topological polar surface area (TPSA) is 25.8 Å². The van der Waals surface area contributed by atoms with Crippen molar-refractivity contribution in [1.29, 1.82) is 0 Å². The van der Waals surface area contributed by atoms with Gasteiger partial charge >= 0.3 is 0 Å². The Morgan fingerprint density at radius 3 is 1.41 bits per heavy atom. The Balaban J connectivity index is 1.22. The predicted octanol–water partition coefficient (Wildman–Crippen LogP) is 11.5. The van der Waals surface area contributed by atoms with Crippen molar-refractivity contribution in [2.45, 2.75) is 5.41 Å². The summed E-state index contributed by atoms with van der Waals surface area (Å²) in [6, 6.07) is 65.3. The van der Waals surface area contributed by atoms with Crippen LogP contribution in [-0.2, 0) is 5.41 Å². The van der Waals surface area contributed by atoms with E-state index >= 15 is 0 Å². The Labute approximate surface area is 286 Å². The van der Waals surface area contributed by atoms with Crippen LogP contribution in [0.4, 0.5) is 0 Å². The van der Waals surface area contributed by atoms with Crippen LogP contribution in [0.15, 0.2) is 182 Å². The van der Waals surface area contributed by atoms with Crippen LogP contribution in [0.25, 0.3) is 67.3 Å². The first kappa shape index (κ1) is 27.7. The molecule has 0 bridgehead atoms. The van der Waals surface area contributed by atoms with Crippen molar-refractivity contribution in [3.8, 4) is 67.3 Å². The highest BCUT2D eigenvalue weighted by Gasteiger charge is 2.52. The standard InChI is InChI=1S/C47H30N2/c1-3-14-31(15-4-1)32-26-28-33(29-27-32)43-30-44(49-46(48-43)34-16-5-2-6-17-34)38-21-13-25-42-45(38)37-20-9-12-24-41(37)47(42)39-22-10-7-18-35(39)36-19-8-11-23-40(36)47/h1-30H. The highest BCUT2D eigenvalue weighted by atomic mass is 14.9. The minimum Gasteiger partial charge on any atom is -0.228 e. The second-order valence-electron chi connectivity index (χ2n) is 12.9. The Morgan fingerprint density at radius 2 is 0.755 bits per heavy atom. The summed E-state index contributed by atoms with van der Waals surface area (Å²) < 4.78 is 0. The monoisotopic (exact) mass is 622 g/mol. The second-order valence-corrected chi connectivity index (χ2v) is 12.9. The van der Waals surface area contributed by atoms with Gasteiger partial charge in [0, 0.05) is 16.7 Å². The van der Waals surface area contributed by atoms with Crippen LogP contribution in [0.5, 0.6) is 0 Å². The molecule has 1 aromatic heterocycles. The largest absolute Gasteiger partial charge is 0.228 e. The third-order valence-corrected chi connectivity index (χ3v) is 10.3. The third-order valence-electron chi connectivity index (χ3n) is 10.3. The van der Waals surface area contributed by atoms with Crippen LogP contribution in [0.2, 0.25) is 0 Å². The predicted molar refractivity (Wildman–Crippen MR) is 200 cm³/mol. The molecule has 1 spiro atoms. The maximum Gasteiger partial charge on any atom is 0.160 e. The molecule has 8 aromatic rings. The van der Waals surface area contributed by atoms with Crippen LogP contribution in [-0.4, -0.2) is 9.97 Å². The summed E-state index contributed by atoms with van der Waals surface area (Å²) in [4.78, 5) is 10.5. The Bertz CT molecular complexity index is 2490. The average molecular weight is 623 g/mol. The number of aromatic nitrogens is 2. The van der Waals surface area contributed by atoms with Gasteiger partial charge in [0.1, 0.15) is 0 Å². The van der Waals surface area contributed by atoms with Gasteiger partial charge in [0.05, 0.1) is 16.8 Å². The lowest BCUT2D eigenvalue weighted by molar-refractivity contribution is 0.794. The molecule has 0 radical (unpaired) electrons. The summed E-state index contributed by atoms with van der Waals surface area (Å²) >= 11 is 0. The molecule has 0 amide bonds. The lowest BCUT2D eigenvalue weighted by Crippen LogP contribution is -2.25. The van der Waals surface area contributed by atoms with Gasteiger partial charge in [-0.25, -0.2) is 9.97 Å². The molecular formula is C47H30N2. The molecule has 0 saturated heterocycles. The summed E-state index contributed by atoms with van der Waals surface area (Å²) in [5.74, 6) is 0.718. The molecule has 2 aliphatic rings. The van der Waals surface area contributed by atoms with Crippen LogP contribution < -0.4 is 0 Å². The molecular weight excluding hydrogens is 593 g/mol. The summed E-state index contributed by atoms with van der Waals surface area (Å²) in [5, 5.41) is 0. The molecule has 1 heterocycles. The van der Waals surface area contributed by atoms with E-state index in [0.717, 1.165) is 33.9 Å². The fourth-order valence-electron chi connectivity index (χ4n) is 8.27. The van der Waals surface area contributed by atoms with Gasteiger partial charge in [-0.15, -0.1) is 0 Å². The molecule has 228 valence electrons. The van der Waals surface area contributed by atoms with Gasteiger partial charge in [-0.1, -0.05) is 176 Å². The van der Waals surface area contributed by atoms with E-state index in [1.54, 1.807) is 0 Å². The molecule has 10 rings (SSSR count). The van der Waals surface area contributed by atoms with Gasteiger partial charge in [0.2, 0.25) is 0 Å². The van der Waals surface area contributed by atoms with Crippen molar-refractivity contribution in [1.82, 2.24) is 9.97 Å². The van der Waals surface area contributed by atoms with E-state index in [-0.39, 0.29) is 0 Å². The van der Waals surface area contributed by atoms with Crippen molar-refractivity contribution in [3.05, 3.63) is 204 Å². The number of nitrogens with zero attached hydrogens (tertiary/aromatic N) is 2. The average Bonchev–Trinajstić information content (AvgIpc) is 3.66. The first-order chi connectivity index (χ1) is 24.3. The SMILES string of the molecule is c1ccc(-c2ccc(-c3cc(-c4cccc5c4-c4ccccc4C54c5ccccc5-c5ccccc54)nc(-c4ccccc4)n3)cc2)cc1. The van der Waals surface area contributed by atoms with E-state index < -0.39 is 5.41 Å². The van der Waals surface area contributed by atoms with Crippen LogP contribution in [0, 0.1) is 0 Å².